The zero-order valence-corrected chi connectivity index (χ0v) is 10.6. The molecule has 6 nitrogen and oxygen atoms in total. The van der Waals surface area contributed by atoms with Crippen molar-refractivity contribution in [3.8, 4) is 6.07 Å². The normalized spacial score (nSPS) is 9.83. The molecule has 1 aromatic rings. The number of nitrogens with zero attached hydrogens (tertiary/aromatic N) is 4. The summed E-state index contributed by atoms with van der Waals surface area (Å²) in [5.41, 5.74) is 0.316. The lowest BCUT2D eigenvalue weighted by atomic mass is 10.3. The molecule has 0 aliphatic carbocycles. The summed E-state index contributed by atoms with van der Waals surface area (Å²) in [6.45, 7) is 2.46. The van der Waals surface area contributed by atoms with Crippen LogP contribution in [0.3, 0.4) is 0 Å². The minimum absolute atomic E-state index is 0.0854. The summed E-state index contributed by atoms with van der Waals surface area (Å²) in [6.07, 6.45) is 2.17. The van der Waals surface area contributed by atoms with Gasteiger partial charge in [-0.1, -0.05) is 0 Å². The van der Waals surface area contributed by atoms with E-state index >= 15 is 0 Å². The average molecular weight is 248 g/mol. The predicted molar refractivity (Wildman–Crippen MR) is 65.7 cm³/mol. The molecular weight excluding hydrogens is 232 g/mol. The van der Waals surface area contributed by atoms with Crippen LogP contribution in [0.15, 0.2) is 17.1 Å². The van der Waals surface area contributed by atoms with Gasteiger partial charge in [-0.25, -0.2) is 4.79 Å². The molecule has 1 aromatic heterocycles. The van der Waals surface area contributed by atoms with Crippen LogP contribution < -0.4 is 5.69 Å². The molecule has 6 heteroatoms. The number of aromatic nitrogens is 2. The van der Waals surface area contributed by atoms with Crippen molar-refractivity contribution in [3.05, 3.63) is 28.4 Å². The monoisotopic (exact) mass is 248 g/mol. The van der Waals surface area contributed by atoms with Gasteiger partial charge in [-0.15, -0.1) is 0 Å². The predicted octanol–water partition coefficient (Wildman–Crippen LogP) is 0.314. The van der Waals surface area contributed by atoms with Crippen LogP contribution in [0.25, 0.3) is 0 Å². The van der Waals surface area contributed by atoms with E-state index in [4.69, 9.17) is 5.26 Å². The number of rotatable bonds is 5. The Balaban J connectivity index is 2.52. The van der Waals surface area contributed by atoms with Crippen molar-refractivity contribution in [3.63, 3.8) is 0 Å². The Hall–Kier alpha value is -2.16. The molecule has 0 bridgehead atoms. The third-order valence-electron chi connectivity index (χ3n) is 2.56. The molecule has 0 saturated heterocycles. The van der Waals surface area contributed by atoms with Crippen molar-refractivity contribution in [1.29, 1.82) is 5.26 Å². The summed E-state index contributed by atoms with van der Waals surface area (Å²) >= 11 is 0. The van der Waals surface area contributed by atoms with Gasteiger partial charge in [0.25, 0.3) is 0 Å². The second-order valence-corrected chi connectivity index (χ2v) is 4.02. The fraction of sp³-hybridized carbons (Fsp3) is 0.500. The first-order chi connectivity index (χ1) is 8.54. The zero-order chi connectivity index (χ0) is 13.5. The van der Waals surface area contributed by atoms with Gasteiger partial charge in [-0.2, -0.15) is 10.2 Å². The van der Waals surface area contributed by atoms with Crippen LogP contribution in [0, 0.1) is 18.3 Å². The lowest BCUT2D eigenvalue weighted by Gasteiger charge is -2.15. The standard InChI is InChI=1S/C12H16N4O2/c1-10-4-8-16(12(18)14-10)9-5-11(17)15(2)7-3-6-13/h4,8H,3,5,7,9H2,1-2H3. The molecule has 0 atom stereocenters. The van der Waals surface area contributed by atoms with Crippen molar-refractivity contribution >= 4 is 5.91 Å². The molecule has 0 unspecified atom stereocenters. The number of carbonyl (C=O) groups is 1. The van der Waals surface area contributed by atoms with Gasteiger partial charge in [0.05, 0.1) is 12.5 Å². The highest BCUT2D eigenvalue weighted by atomic mass is 16.2. The van der Waals surface area contributed by atoms with Crippen molar-refractivity contribution in [2.75, 3.05) is 13.6 Å². The molecule has 0 N–H and O–H groups in total. The maximum atomic E-state index is 11.7. The molecule has 0 aliphatic rings. The van der Waals surface area contributed by atoms with Crippen molar-refractivity contribution in [1.82, 2.24) is 14.5 Å². The van der Waals surface area contributed by atoms with E-state index in [2.05, 4.69) is 4.98 Å². The average Bonchev–Trinajstić information content (AvgIpc) is 2.34. The molecule has 18 heavy (non-hydrogen) atoms. The summed E-state index contributed by atoms with van der Waals surface area (Å²) in [7, 11) is 1.65. The quantitative estimate of drug-likeness (QED) is 0.751. The number of amides is 1. The minimum atomic E-state index is -0.345. The first-order valence-corrected chi connectivity index (χ1v) is 5.69. The first-order valence-electron chi connectivity index (χ1n) is 5.69. The van der Waals surface area contributed by atoms with Crippen molar-refractivity contribution in [2.45, 2.75) is 26.3 Å². The van der Waals surface area contributed by atoms with E-state index in [0.717, 1.165) is 0 Å². The fourth-order valence-corrected chi connectivity index (χ4v) is 1.43. The Morgan fingerprint density at radius 2 is 2.33 bits per heavy atom. The largest absolute Gasteiger partial charge is 0.347 e. The highest BCUT2D eigenvalue weighted by Gasteiger charge is 2.08. The summed E-state index contributed by atoms with van der Waals surface area (Å²) in [5, 5.41) is 8.43. The Labute approximate surface area is 105 Å². The Kier molecular flexibility index (Phi) is 5.06. The molecule has 0 saturated carbocycles. The second-order valence-electron chi connectivity index (χ2n) is 4.02. The van der Waals surface area contributed by atoms with Crippen LogP contribution in [-0.2, 0) is 11.3 Å². The molecular formula is C12H16N4O2. The Bertz CT molecular complexity index is 516. The summed E-state index contributed by atoms with van der Waals surface area (Å²) < 4.78 is 1.41. The Morgan fingerprint density at radius 3 is 2.94 bits per heavy atom. The van der Waals surface area contributed by atoms with E-state index < -0.39 is 0 Å². The molecule has 1 heterocycles. The van der Waals surface area contributed by atoms with E-state index in [0.29, 0.717) is 25.2 Å². The number of carbonyl (C=O) groups excluding carboxylic acids is 1. The lowest BCUT2D eigenvalue weighted by Crippen LogP contribution is -2.30. The van der Waals surface area contributed by atoms with Gasteiger partial charge in [0.1, 0.15) is 0 Å². The first kappa shape index (κ1) is 13.9. The van der Waals surface area contributed by atoms with E-state index in [1.54, 1.807) is 26.2 Å². The van der Waals surface area contributed by atoms with Gasteiger partial charge in [0.15, 0.2) is 0 Å². The van der Waals surface area contributed by atoms with Crippen molar-refractivity contribution < 1.29 is 4.79 Å². The SMILES string of the molecule is Cc1ccn(CCC(=O)N(C)CCC#N)c(=O)n1. The maximum Gasteiger partial charge on any atom is 0.347 e. The van der Waals surface area contributed by atoms with Crippen LogP contribution in [0.1, 0.15) is 18.5 Å². The van der Waals surface area contributed by atoms with Crippen LogP contribution in [0.2, 0.25) is 0 Å². The molecule has 96 valence electrons. The van der Waals surface area contributed by atoms with Crippen LogP contribution in [-0.4, -0.2) is 34.0 Å². The minimum Gasteiger partial charge on any atom is -0.345 e. The lowest BCUT2D eigenvalue weighted by molar-refractivity contribution is -0.130. The number of aryl methyl sites for hydroxylation is 2. The highest BCUT2D eigenvalue weighted by Crippen LogP contribution is 1.96. The van der Waals surface area contributed by atoms with E-state index in [1.807, 2.05) is 6.07 Å². The molecule has 0 aliphatic heterocycles. The third-order valence-corrected chi connectivity index (χ3v) is 2.56. The summed E-state index contributed by atoms with van der Waals surface area (Å²) in [5.74, 6) is -0.0854. The van der Waals surface area contributed by atoms with Gasteiger partial charge in [0.2, 0.25) is 5.91 Å². The van der Waals surface area contributed by atoms with Gasteiger partial charge in [-0.05, 0) is 13.0 Å². The number of nitriles is 1. The third kappa shape index (κ3) is 4.01. The number of hydrogen-bond donors (Lipinski definition) is 0. The molecule has 1 amide bonds. The molecule has 0 spiro atoms. The second kappa shape index (κ2) is 6.55. The molecule has 1 rings (SSSR count). The van der Waals surface area contributed by atoms with Crippen LogP contribution >= 0.6 is 0 Å². The smallest absolute Gasteiger partial charge is 0.345 e. The number of hydrogen-bond acceptors (Lipinski definition) is 4. The summed E-state index contributed by atoms with van der Waals surface area (Å²) in [4.78, 5) is 28.4. The highest BCUT2D eigenvalue weighted by molar-refractivity contribution is 5.75. The maximum absolute atomic E-state index is 11.7. The van der Waals surface area contributed by atoms with Gasteiger partial charge < -0.3 is 4.90 Å². The van der Waals surface area contributed by atoms with Gasteiger partial charge in [-0.3, -0.25) is 9.36 Å². The van der Waals surface area contributed by atoms with Crippen LogP contribution in [0.4, 0.5) is 0 Å². The fourth-order valence-electron chi connectivity index (χ4n) is 1.43. The van der Waals surface area contributed by atoms with E-state index in [9.17, 15) is 9.59 Å². The topological polar surface area (TPSA) is 79.0 Å². The molecule has 0 aromatic carbocycles. The van der Waals surface area contributed by atoms with Crippen LogP contribution in [0.5, 0.6) is 0 Å². The van der Waals surface area contributed by atoms with Gasteiger partial charge in [0, 0.05) is 38.4 Å². The Morgan fingerprint density at radius 1 is 1.61 bits per heavy atom. The van der Waals surface area contributed by atoms with E-state index in [1.165, 1.54) is 9.47 Å². The van der Waals surface area contributed by atoms with Gasteiger partial charge >= 0.3 is 5.69 Å². The van der Waals surface area contributed by atoms with Crippen molar-refractivity contribution in [2.24, 2.45) is 0 Å². The molecule has 0 radical (unpaired) electrons. The van der Waals surface area contributed by atoms with E-state index in [-0.39, 0.29) is 18.0 Å². The molecule has 0 fully saturated rings. The summed E-state index contributed by atoms with van der Waals surface area (Å²) in [6, 6.07) is 3.71. The zero-order valence-electron chi connectivity index (χ0n) is 10.6.